The zero-order valence-electron chi connectivity index (χ0n) is 8.94. The van der Waals surface area contributed by atoms with Crippen LogP contribution >= 0.6 is 0 Å². The number of likely N-dealkylation sites (N-methyl/N-ethyl adjacent to an activating group) is 1. The summed E-state index contributed by atoms with van der Waals surface area (Å²) in [7, 11) is 2.04. The molecule has 0 aliphatic carbocycles. The lowest BCUT2D eigenvalue weighted by Gasteiger charge is -2.12. The molecule has 0 atom stereocenters. The standard InChI is InChI=1S/C12H16N2O/c1-14(7-6-13)9-11-8-10-4-2-3-5-12(10)15-11/h2-5,8H,6-7,9,13H2,1H3. The maximum Gasteiger partial charge on any atom is 0.134 e. The van der Waals surface area contributed by atoms with Crippen LogP contribution < -0.4 is 5.73 Å². The number of furan rings is 1. The minimum Gasteiger partial charge on any atom is -0.460 e. The Hall–Kier alpha value is -1.32. The Bertz CT molecular complexity index is 403. The lowest BCUT2D eigenvalue weighted by molar-refractivity contribution is 0.307. The van der Waals surface area contributed by atoms with Gasteiger partial charge in [-0.15, -0.1) is 0 Å². The zero-order valence-corrected chi connectivity index (χ0v) is 8.94. The third-order valence-electron chi connectivity index (χ3n) is 2.41. The highest BCUT2D eigenvalue weighted by atomic mass is 16.3. The van der Waals surface area contributed by atoms with Crippen LogP contribution in [0.5, 0.6) is 0 Å². The van der Waals surface area contributed by atoms with Crippen molar-refractivity contribution in [3.05, 3.63) is 36.1 Å². The van der Waals surface area contributed by atoms with E-state index in [0.29, 0.717) is 6.54 Å². The lowest BCUT2D eigenvalue weighted by atomic mass is 10.2. The van der Waals surface area contributed by atoms with E-state index < -0.39 is 0 Å². The first kappa shape index (κ1) is 10.2. The topological polar surface area (TPSA) is 42.4 Å². The summed E-state index contributed by atoms with van der Waals surface area (Å²) >= 11 is 0. The third-order valence-corrected chi connectivity index (χ3v) is 2.41. The fourth-order valence-corrected chi connectivity index (χ4v) is 1.68. The molecule has 0 spiro atoms. The number of para-hydroxylation sites is 1. The van der Waals surface area contributed by atoms with E-state index in [-0.39, 0.29) is 0 Å². The normalized spacial score (nSPS) is 11.4. The largest absolute Gasteiger partial charge is 0.460 e. The van der Waals surface area contributed by atoms with E-state index in [1.54, 1.807) is 0 Å². The summed E-state index contributed by atoms with van der Waals surface area (Å²) in [6, 6.07) is 10.1. The van der Waals surface area contributed by atoms with Gasteiger partial charge in [-0.2, -0.15) is 0 Å². The van der Waals surface area contributed by atoms with Crippen molar-refractivity contribution in [2.24, 2.45) is 5.73 Å². The summed E-state index contributed by atoms with van der Waals surface area (Å²) in [6.07, 6.45) is 0. The molecule has 0 amide bonds. The molecule has 0 radical (unpaired) electrons. The van der Waals surface area contributed by atoms with Crippen LogP contribution in [0.15, 0.2) is 34.7 Å². The van der Waals surface area contributed by atoms with Crippen molar-refractivity contribution >= 4 is 11.0 Å². The number of benzene rings is 1. The number of rotatable bonds is 4. The van der Waals surface area contributed by atoms with Crippen LogP contribution in [0, 0.1) is 0 Å². The Morgan fingerprint density at radius 1 is 1.33 bits per heavy atom. The molecule has 80 valence electrons. The highest BCUT2D eigenvalue weighted by Gasteiger charge is 2.05. The average Bonchev–Trinajstić information content (AvgIpc) is 2.59. The summed E-state index contributed by atoms with van der Waals surface area (Å²) in [6.45, 7) is 2.37. The Kier molecular flexibility index (Phi) is 3.04. The van der Waals surface area contributed by atoms with Crippen LogP contribution in [0.25, 0.3) is 11.0 Å². The predicted octanol–water partition coefficient (Wildman–Crippen LogP) is 1.82. The first-order valence-electron chi connectivity index (χ1n) is 5.15. The fourth-order valence-electron chi connectivity index (χ4n) is 1.68. The Morgan fingerprint density at radius 2 is 2.13 bits per heavy atom. The van der Waals surface area contributed by atoms with E-state index in [4.69, 9.17) is 10.2 Å². The van der Waals surface area contributed by atoms with Crippen molar-refractivity contribution in [1.29, 1.82) is 0 Å². The predicted molar refractivity (Wildman–Crippen MR) is 61.6 cm³/mol. The van der Waals surface area contributed by atoms with E-state index >= 15 is 0 Å². The molecule has 2 aromatic rings. The third kappa shape index (κ3) is 2.37. The van der Waals surface area contributed by atoms with Gasteiger partial charge in [-0.05, 0) is 19.2 Å². The van der Waals surface area contributed by atoms with Gasteiger partial charge < -0.3 is 10.2 Å². The molecule has 2 N–H and O–H groups in total. The second-order valence-corrected chi connectivity index (χ2v) is 3.78. The summed E-state index contributed by atoms with van der Waals surface area (Å²) in [4.78, 5) is 2.15. The molecule has 1 aromatic heterocycles. The Balaban J connectivity index is 2.15. The van der Waals surface area contributed by atoms with Crippen molar-refractivity contribution in [2.75, 3.05) is 20.1 Å². The first-order valence-corrected chi connectivity index (χ1v) is 5.15. The zero-order chi connectivity index (χ0) is 10.7. The quantitative estimate of drug-likeness (QED) is 0.826. The van der Waals surface area contributed by atoms with Gasteiger partial charge in [0.1, 0.15) is 11.3 Å². The minimum absolute atomic E-state index is 0.677. The van der Waals surface area contributed by atoms with E-state index in [2.05, 4.69) is 17.0 Å². The van der Waals surface area contributed by atoms with Crippen LogP contribution in [0.2, 0.25) is 0 Å². The summed E-state index contributed by atoms with van der Waals surface area (Å²) in [5, 5.41) is 1.16. The van der Waals surface area contributed by atoms with Gasteiger partial charge in [-0.1, -0.05) is 18.2 Å². The van der Waals surface area contributed by atoms with Crippen LogP contribution in [0.3, 0.4) is 0 Å². The average molecular weight is 204 g/mol. The second kappa shape index (κ2) is 4.47. The van der Waals surface area contributed by atoms with Crippen LogP contribution in [-0.2, 0) is 6.54 Å². The maximum atomic E-state index is 5.70. The molecule has 3 heteroatoms. The van der Waals surface area contributed by atoms with Gasteiger partial charge >= 0.3 is 0 Å². The summed E-state index contributed by atoms with van der Waals surface area (Å²) < 4.78 is 5.70. The highest BCUT2D eigenvalue weighted by molar-refractivity contribution is 5.77. The summed E-state index contributed by atoms with van der Waals surface area (Å²) in [5.74, 6) is 0.993. The minimum atomic E-state index is 0.677. The Labute approximate surface area is 89.5 Å². The molecule has 1 heterocycles. The molecular weight excluding hydrogens is 188 g/mol. The number of hydrogen-bond donors (Lipinski definition) is 1. The molecule has 2 rings (SSSR count). The molecule has 0 saturated carbocycles. The van der Waals surface area contributed by atoms with Gasteiger partial charge in [0.05, 0.1) is 6.54 Å². The van der Waals surface area contributed by atoms with Crippen molar-refractivity contribution in [3.8, 4) is 0 Å². The van der Waals surface area contributed by atoms with Crippen molar-refractivity contribution in [3.63, 3.8) is 0 Å². The van der Waals surface area contributed by atoms with Gasteiger partial charge in [-0.25, -0.2) is 0 Å². The molecule has 15 heavy (non-hydrogen) atoms. The van der Waals surface area contributed by atoms with Gasteiger partial charge in [-0.3, -0.25) is 4.90 Å². The molecule has 0 fully saturated rings. The molecule has 0 bridgehead atoms. The second-order valence-electron chi connectivity index (χ2n) is 3.78. The van der Waals surface area contributed by atoms with Crippen LogP contribution in [-0.4, -0.2) is 25.0 Å². The first-order chi connectivity index (χ1) is 7.29. The smallest absolute Gasteiger partial charge is 0.134 e. The molecule has 0 aliphatic rings. The Morgan fingerprint density at radius 3 is 2.87 bits per heavy atom. The van der Waals surface area contributed by atoms with Crippen molar-refractivity contribution in [1.82, 2.24) is 4.90 Å². The molecule has 1 aromatic carbocycles. The molecular formula is C12H16N2O. The van der Waals surface area contributed by atoms with Gasteiger partial charge in [0.25, 0.3) is 0 Å². The van der Waals surface area contributed by atoms with E-state index in [1.807, 2.05) is 25.2 Å². The van der Waals surface area contributed by atoms with E-state index in [0.717, 1.165) is 29.8 Å². The fraction of sp³-hybridized carbons (Fsp3) is 0.333. The van der Waals surface area contributed by atoms with Crippen LogP contribution in [0.1, 0.15) is 5.76 Å². The monoisotopic (exact) mass is 204 g/mol. The lowest BCUT2D eigenvalue weighted by Crippen LogP contribution is -2.24. The SMILES string of the molecule is CN(CCN)Cc1cc2ccccc2o1. The van der Waals surface area contributed by atoms with Gasteiger partial charge in [0.15, 0.2) is 0 Å². The maximum absolute atomic E-state index is 5.70. The molecule has 0 saturated heterocycles. The van der Waals surface area contributed by atoms with Crippen molar-refractivity contribution < 1.29 is 4.42 Å². The molecule has 0 aliphatic heterocycles. The van der Waals surface area contributed by atoms with Gasteiger partial charge in [0.2, 0.25) is 0 Å². The number of fused-ring (bicyclic) bond motifs is 1. The van der Waals surface area contributed by atoms with Gasteiger partial charge in [0, 0.05) is 18.5 Å². The molecule has 3 nitrogen and oxygen atoms in total. The number of hydrogen-bond acceptors (Lipinski definition) is 3. The summed E-state index contributed by atoms with van der Waals surface area (Å²) in [5.41, 5.74) is 6.44. The van der Waals surface area contributed by atoms with E-state index in [1.165, 1.54) is 0 Å². The molecule has 0 unspecified atom stereocenters. The number of nitrogens with two attached hydrogens (primary N) is 1. The van der Waals surface area contributed by atoms with Crippen molar-refractivity contribution in [2.45, 2.75) is 6.54 Å². The van der Waals surface area contributed by atoms with E-state index in [9.17, 15) is 0 Å². The van der Waals surface area contributed by atoms with Crippen LogP contribution in [0.4, 0.5) is 0 Å². The highest BCUT2D eigenvalue weighted by Crippen LogP contribution is 2.19. The number of nitrogens with zero attached hydrogens (tertiary/aromatic N) is 1.